The first-order valence-corrected chi connectivity index (χ1v) is 15.5. The van der Waals surface area contributed by atoms with E-state index in [4.69, 9.17) is 33.2 Å². The second kappa shape index (κ2) is 12.6. The summed E-state index contributed by atoms with van der Waals surface area (Å²) in [5.41, 5.74) is 1.18. The zero-order valence-corrected chi connectivity index (χ0v) is 24.5. The van der Waals surface area contributed by atoms with Crippen LogP contribution in [-0.4, -0.2) is 69.8 Å². The van der Waals surface area contributed by atoms with E-state index < -0.39 is 49.5 Å². The molecule has 14 nitrogen and oxygen atoms in total. The minimum absolute atomic E-state index is 0.0148. The van der Waals surface area contributed by atoms with Gasteiger partial charge in [0.25, 0.3) is 12.0 Å². The van der Waals surface area contributed by atoms with Gasteiger partial charge in [-0.05, 0) is 48.5 Å². The lowest BCUT2D eigenvalue weighted by Gasteiger charge is -2.31. The summed E-state index contributed by atoms with van der Waals surface area (Å²) in [4.78, 5) is 22.1. The standard InChI is InChI=1S/C25H25F3N5O9PS/c1-37-13-3-7-15(8-4-13)41-43(36,44-42-16-9-5-14(38-2)6-10-16)39-11-25(23(27)28)19(34)17(26)22(40-25)33-12-30-18-20(33)31-24(29)32-21(18)35/h3-10,12,17,19,22-23,34H,11H2,1-2H3,(H3,29,31,32,35)/t17-,19+,22-,25-,43?/m1/s1. The number of nitrogens with one attached hydrogen (secondary N) is 1. The van der Waals surface area contributed by atoms with Crippen LogP contribution in [0.2, 0.25) is 0 Å². The van der Waals surface area contributed by atoms with Crippen LogP contribution in [0.5, 0.6) is 23.0 Å². The average molecular weight is 660 g/mol. The number of nitrogens with zero attached hydrogens (tertiary/aromatic N) is 3. The molecule has 0 amide bonds. The molecule has 5 rings (SSSR count). The SMILES string of the molecule is COc1ccc(OSP(=O)(OC[C@@]2(C(F)F)O[C@@H](n3cnc4c(=O)[nH]c(N)nc43)[C@H](F)[C@@H]2O)Oc2ccc(OC)cc2)cc1. The molecule has 1 saturated heterocycles. The van der Waals surface area contributed by atoms with Gasteiger partial charge in [0, 0.05) is 0 Å². The summed E-state index contributed by atoms with van der Waals surface area (Å²) in [7, 11) is 2.89. The number of aliphatic hydroxyl groups is 1. The maximum atomic E-state index is 15.5. The predicted molar refractivity (Wildman–Crippen MR) is 151 cm³/mol. The normalized spacial score (nSPS) is 23.0. The molecular formula is C25H25F3N5O9PS. The highest BCUT2D eigenvalue weighted by Crippen LogP contribution is 2.61. The van der Waals surface area contributed by atoms with Crippen LogP contribution in [0.1, 0.15) is 6.23 Å². The number of aliphatic hydroxyl groups excluding tert-OH is 1. The average Bonchev–Trinajstić information content (AvgIpc) is 3.54. The highest BCUT2D eigenvalue weighted by Gasteiger charge is 2.62. The summed E-state index contributed by atoms with van der Waals surface area (Å²) in [5, 5.41) is 10.7. The van der Waals surface area contributed by atoms with E-state index in [1.165, 1.54) is 50.6 Å². The number of H-pyrrole nitrogens is 1. The third-order valence-corrected chi connectivity index (χ3v) is 9.16. The molecule has 0 aliphatic carbocycles. The van der Waals surface area contributed by atoms with Crippen molar-refractivity contribution < 1.29 is 50.3 Å². The topological polar surface area (TPSA) is 182 Å². The number of aromatic amines is 1. The van der Waals surface area contributed by atoms with E-state index in [0.29, 0.717) is 11.5 Å². The van der Waals surface area contributed by atoms with Crippen molar-refractivity contribution in [3.05, 3.63) is 65.2 Å². The number of aromatic nitrogens is 4. The number of methoxy groups -OCH3 is 2. The lowest BCUT2D eigenvalue weighted by atomic mass is 9.97. The molecule has 2 aromatic heterocycles. The summed E-state index contributed by atoms with van der Waals surface area (Å²) < 4.78 is 91.5. The summed E-state index contributed by atoms with van der Waals surface area (Å²) >= 11 is 0.181. The Morgan fingerprint density at radius 2 is 1.70 bits per heavy atom. The highest BCUT2D eigenvalue weighted by atomic mass is 32.7. The van der Waals surface area contributed by atoms with Crippen LogP contribution in [0.4, 0.5) is 19.1 Å². The Labute approximate surface area is 250 Å². The highest BCUT2D eigenvalue weighted by molar-refractivity contribution is 8.52. The molecule has 2 aromatic carbocycles. The van der Waals surface area contributed by atoms with Crippen LogP contribution in [0.3, 0.4) is 0 Å². The number of nitrogen functional groups attached to an aromatic ring is 1. The first kappa shape index (κ1) is 31.5. The molecule has 1 fully saturated rings. The van der Waals surface area contributed by atoms with E-state index in [9.17, 15) is 23.2 Å². The number of rotatable bonds is 12. The van der Waals surface area contributed by atoms with Crippen molar-refractivity contribution in [2.45, 2.75) is 30.5 Å². The lowest BCUT2D eigenvalue weighted by molar-refractivity contribution is -0.191. The molecular weight excluding hydrogens is 634 g/mol. The van der Waals surface area contributed by atoms with Crippen LogP contribution < -0.4 is 29.5 Å². The molecule has 1 aliphatic heterocycles. The number of fused-ring (bicyclic) bond motifs is 1. The van der Waals surface area contributed by atoms with Gasteiger partial charge in [0.05, 0.1) is 27.2 Å². The van der Waals surface area contributed by atoms with Crippen LogP contribution in [0.15, 0.2) is 59.7 Å². The number of imidazole rings is 1. The monoisotopic (exact) mass is 659 g/mol. The van der Waals surface area contributed by atoms with Gasteiger partial charge in [0.2, 0.25) is 5.95 Å². The predicted octanol–water partition coefficient (Wildman–Crippen LogP) is 3.88. The number of ether oxygens (including phenoxy) is 3. The number of anilines is 1. The van der Waals surface area contributed by atoms with Crippen LogP contribution >= 0.6 is 18.5 Å². The van der Waals surface area contributed by atoms with E-state index in [1.54, 1.807) is 12.1 Å². The van der Waals surface area contributed by atoms with E-state index in [0.717, 1.165) is 10.9 Å². The van der Waals surface area contributed by atoms with Crippen LogP contribution in [0.25, 0.3) is 11.2 Å². The van der Waals surface area contributed by atoms with Crippen molar-refractivity contribution in [2.24, 2.45) is 0 Å². The van der Waals surface area contributed by atoms with Crippen molar-refractivity contribution in [2.75, 3.05) is 26.6 Å². The number of halogens is 3. The Hall–Kier alpha value is -3.96. The quantitative estimate of drug-likeness (QED) is 0.147. The molecule has 0 radical (unpaired) electrons. The largest absolute Gasteiger partial charge is 0.497 e. The molecule has 0 bridgehead atoms. The van der Waals surface area contributed by atoms with Crippen LogP contribution in [0, 0.1) is 0 Å². The smallest absolute Gasteiger partial charge is 0.478 e. The van der Waals surface area contributed by atoms with E-state index >= 15 is 4.39 Å². The van der Waals surface area contributed by atoms with Gasteiger partial charge in [-0.1, -0.05) is 0 Å². The zero-order valence-electron chi connectivity index (χ0n) is 22.8. The third kappa shape index (κ3) is 6.16. The molecule has 19 heteroatoms. The van der Waals surface area contributed by atoms with E-state index in [2.05, 4.69) is 15.0 Å². The van der Waals surface area contributed by atoms with Gasteiger partial charge in [-0.25, -0.2) is 22.7 Å². The van der Waals surface area contributed by atoms with Gasteiger partial charge in [0.1, 0.15) is 29.1 Å². The van der Waals surface area contributed by atoms with Gasteiger partial charge in [-0.2, -0.15) is 4.98 Å². The fourth-order valence-corrected chi connectivity index (χ4v) is 6.54. The van der Waals surface area contributed by atoms with Crippen LogP contribution in [-0.2, 0) is 13.8 Å². The Balaban J connectivity index is 1.42. The van der Waals surface area contributed by atoms with Gasteiger partial charge in [-0.3, -0.25) is 18.9 Å². The van der Waals surface area contributed by atoms with Gasteiger partial charge in [0.15, 0.2) is 40.8 Å². The van der Waals surface area contributed by atoms with Crippen molar-refractivity contribution >= 4 is 35.6 Å². The van der Waals surface area contributed by atoms with Crippen molar-refractivity contribution in [3.8, 4) is 23.0 Å². The second-order valence-corrected chi connectivity index (χ2v) is 12.7. The summed E-state index contributed by atoms with van der Waals surface area (Å²) in [5.74, 6) is 0.758. The first-order chi connectivity index (χ1) is 21.0. The van der Waals surface area contributed by atoms with Crippen molar-refractivity contribution in [1.82, 2.24) is 19.5 Å². The molecule has 44 heavy (non-hydrogen) atoms. The molecule has 4 N–H and O–H groups in total. The van der Waals surface area contributed by atoms with E-state index in [1.807, 2.05) is 0 Å². The Kier molecular flexibility index (Phi) is 8.99. The van der Waals surface area contributed by atoms with E-state index in [-0.39, 0.29) is 40.3 Å². The lowest BCUT2D eigenvalue weighted by Crippen LogP contribution is -2.52. The summed E-state index contributed by atoms with van der Waals surface area (Å²) in [6.45, 7) is -5.90. The minimum atomic E-state index is -4.58. The zero-order chi connectivity index (χ0) is 31.6. The molecule has 236 valence electrons. The second-order valence-electron chi connectivity index (χ2n) is 9.25. The van der Waals surface area contributed by atoms with Crippen molar-refractivity contribution in [3.63, 3.8) is 0 Å². The molecule has 1 unspecified atom stereocenters. The molecule has 0 spiro atoms. The van der Waals surface area contributed by atoms with Gasteiger partial charge < -0.3 is 33.8 Å². The molecule has 5 atom stereocenters. The first-order valence-electron chi connectivity index (χ1n) is 12.6. The number of nitrogens with two attached hydrogens (primary N) is 1. The molecule has 4 aromatic rings. The fraction of sp³-hybridized carbons (Fsp3) is 0.320. The number of benzene rings is 2. The van der Waals surface area contributed by atoms with Gasteiger partial charge >= 0.3 is 6.80 Å². The Morgan fingerprint density at radius 1 is 1.11 bits per heavy atom. The maximum absolute atomic E-state index is 15.5. The number of hydrogen-bond acceptors (Lipinski definition) is 13. The van der Waals surface area contributed by atoms with Crippen molar-refractivity contribution in [1.29, 1.82) is 0 Å². The van der Waals surface area contributed by atoms with Gasteiger partial charge in [-0.15, -0.1) is 0 Å². The number of alkyl halides is 3. The summed E-state index contributed by atoms with van der Waals surface area (Å²) in [6.07, 6.45) is -9.61. The minimum Gasteiger partial charge on any atom is -0.497 e. The third-order valence-electron chi connectivity index (χ3n) is 6.52. The fourth-order valence-electron chi connectivity index (χ4n) is 4.22. The molecule has 1 aliphatic rings. The maximum Gasteiger partial charge on any atom is 0.478 e. The Morgan fingerprint density at radius 3 is 2.30 bits per heavy atom. The number of hydrogen-bond donors (Lipinski definition) is 3. The Bertz CT molecular complexity index is 1710. The molecule has 3 heterocycles. The molecule has 0 saturated carbocycles. The summed E-state index contributed by atoms with van der Waals surface area (Å²) in [6, 6.07) is 11.8.